The van der Waals surface area contributed by atoms with Crippen LogP contribution in [0.2, 0.25) is 0 Å². The van der Waals surface area contributed by atoms with Gasteiger partial charge in [0.2, 0.25) is 0 Å². The zero-order valence-electron chi connectivity index (χ0n) is 14.1. The summed E-state index contributed by atoms with van der Waals surface area (Å²) in [4.78, 5) is 2.32. The molecule has 130 valence electrons. The summed E-state index contributed by atoms with van der Waals surface area (Å²) in [6.45, 7) is 9.83. The van der Waals surface area contributed by atoms with Crippen LogP contribution in [0, 0.1) is 5.41 Å². The third-order valence-corrected chi connectivity index (χ3v) is 4.19. The van der Waals surface area contributed by atoms with Crippen LogP contribution in [-0.2, 0) is 6.18 Å². The molecule has 1 N–H and O–H groups in total. The molecule has 3 nitrogen and oxygen atoms in total. The van der Waals surface area contributed by atoms with Gasteiger partial charge in [0, 0.05) is 37.8 Å². The summed E-state index contributed by atoms with van der Waals surface area (Å²) in [5, 5.41) is 3.31. The van der Waals surface area contributed by atoms with Gasteiger partial charge in [-0.1, -0.05) is 26.8 Å². The molecule has 0 aromatic heterocycles. The van der Waals surface area contributed by atoms with Gasteiger partial charge in [-0.05, 0) is 17.5 Å². The molecule has 0 aliphatic carbocycles. The van der Waals surface area contributed by atoms with Crippen molar-refractivity contribution in [2.75, 3.05) is 33.3 Å². The molecule has 1 aliphatic rings. The van der Waals surface area contributed by atoms with E-state index in [1.54, 1.807) is 6.07 Å². The van der Waals surface area contributed by atoms with Gasteiger partial charge in [-0.2, -0.15) is 13.2 Å². The molecule has 2 rings (SSSR count). The van der Waals surface area contributed by atoms with Gasteiger partial charge in [0.25, 0.3) is 0 Å². The number of piperazine rings is 1. The van der Waals surface area contributed by atoms with Crippen molar-refractivity contribution >= 4 is 0 Å². The van der Waals surface area contributed by atoms with E-state index in [1.165, 1.54) is 7.11 Å². The van der Waals surface area contributed by atoms with Crippen LogP contribution >= 0.6 is 0 Å². The van der Waals surface area contributed by atoms with Gasteiger partial charge in [0.1, 0.15) is 5.75 Å². The van der Waals surface area contributed by atoms with Crippen molar-refractivity contribution in [1.29, 1.82) is 0 Å². The second-order valence-electron chi connectivity index (χ2n) is 7.01. The molecule has 0 saturated carbocycles. The fourth-order valence-corrected chi connectivity index (χ4v) is 3.26. The number of hydrogen-bond donors (Lipinski definition) is 1. The Balaban J connectivity index is 2.45. The molecule has 0 bridgehead atoms. The number of halogens is 3. The smallest absolute Gasteiger partial charge is 0.416 e. The first-order valence-corrected chi connectivity index (χ1v) is 7.84. The SMILES string of the molecule is COc1cc(C(F)(F)F)ccc1[C@@H](N1CCNCC1)C(C)(C)C. The highest BCUT2D eigenvalue weighted by atomic mass is 19.4. The van der Waals surface area contributed by atoms with Crippen LogP contribution in [0.1, 0.15) is 37.9 Å². The third kappa shape index (κ3) is 4.18. The maximum atomic E-state index is 13.0. The van der Waals surface area contributed by atoms with Crippen LogP contribution in [0.4, 0.5) is 13.2 Å². The summed E-state index contributed by atoms with van der Waals surface area (Å²) in [5.74, 6) is 0.304. The number of alkyl halides is 3. The fourth-order valence-electron chi connectivity index (χ4n) is 3.26. The summed E-state index contributed by atoms with van der Waals surface area (Å²) in [7, 11) is 1.43. The number of ether oxygens (including phenoxy) is 1. The van der Waals surface area contributed by atoms with Crippen molar-refractivity contribution < 1.29 is 17.9 Å². The highest BCUT2D eigenvalue weighted by Crippen LogP contribution is 2.43. The first-order valence-electron chi connectivity index (χ1n) is 7.84. The van der Waals surface area contributed by atoms with Gasteiger partial charge in [-0.3, -0.25) is 4.90 Å². The predicted octanol–water partition coefficient (Wildman–Crippen LogP) is 3.71. The number of rotatable bonds is 3. The molecule has 1 fully saturated rings. The Morgan fingerprint density at radius 3 is 2.22 bits per heavy atom. The molecule has 0 amide bonds. The van der Waals surface area contributed by atoms with E-state index >= 15 is 0 Å². The van der Waals surface area contributed by atoms with E-state index in [9.17, 15) is 13.2 Å². The van der Waals surface area contributed by atoms with Gasteiger partial charge in [-0.25, -0.2) is 0 Å². The van der Waals surface area contributed by atoms with Crippen molar-refractivity contribution in [3.05, 3.63) is 29.3 Å². The lowest BCUT2D eigenvalue weighted by molar-refractivity contribution is -0.137. The van der Waals surface area contributed by atoms with E-state index in [0.717, 1.165) is 43.9 Å². The quantitative estimate of drug-likeness (QED) is 0.914. The van der Waals surface area contributed by atoms with Crippen LogP contribution in [0.25, 0.3) is 0 Å². The van der Waals surface area contributed by atoms with Crippen molar-refractivity contribution in [3.63, 3.8) is 0 Å². The van der Waals surface area contributed by atoms with Gasteiger partial charge >= 0.3 is 6.18 Å². The second kappa shape index (κ2) is 6.69. The highest BCUT2D eigenvalue weighted by Gasteiger charge is 2.36. The number of benzene rings is 1. The van der Waals surface area contributed by atoms with Crippen molar-refractivity contribution in [3.8, 4) is 5.75 Å². The van der Waals surface area contributed by atoms with Gasteiger partial charge in [0.05, 0.1) is 12.7 Å². The molecule has 0 unspecified atom stereocenters. The minimum absolute atomic E-state index is 0.00170. The third-order valence-electron chi connectivity index (χ3n) is 4.19. The summed E-state index contributed by atoms with van der Waals surface area (Å²) < 4.78 is 44.2. The number of methoxy groups -OCH3 is 1. The Morgan fingerprint density at radius 1 is 1.13 bits per heavy atom. The molecule has 1 atom stereocenters. The molecule has 1 aromatic rings. The molecular weight excluding hydrogens is 305 g/mol. The van der Waals surface area contributed by atoms with E-state index in [4.69, 9.17) is 4.74 Å². The molecule has 0 spiro atoms. The lowest BCUT2D eigenvalue weighted by atomic mass is 9.80. The second-order valence-corrected chi connectivity index (χ2v) is 7.01. The van der Waals surface area contributed by atoms with Gasteiger partial charge in [0.15, 0.2) is 0 Å². The Kier molecular flexibility index (Phi) is 5.26. The molecule has 1 aromatic carbocycles. The normalized spacial score (nSPS) is 18.7. The van der Waals surface area contributed by atoms with Crippen LogP contribution in [0.15, 0.2) is 18.2 Å². The standard InChI is InChI=1S/C17H25F3N2O/c1-16(2,3)15(22-9-7-21-8-10-22)13-6-5-12(17(18,19)20)11-14(13)23-4/h5-6,11,15,21H,7-10H2,1-4H3/t15-/m1/s1. The maximum absolute atomic E-state index is 13.0. The van der Waals surface area contributed by atoms with Crippen molar-refractivity contribution in [1.82, 2.24) is 10.2 Å². The van der Waals surface area contributed by atoms with Crippen LogP contribution in [0.3, 0.4) is 0 Å². The Hall–Kier alpha value is -1.27. The number of nitrogens with zero attached hydrogens (tertiary/aromatic N) is 1. The van der Waals surface area contributed by atoms with Crippen LogP contribution in [-0.4, -0.2) is 38.2 Å². The minimum atomic E-state index is -4.36. The van der Waals surface area contributed by atoms with E-state index in [1.807, 2.05) is 0 Å². The zero-order chi connectivity index (χ0) is 17.3. The highest BCUT2D eigenvalue weighted by molar-refractivity contribution is 5.41. The lowest BCUT2D eigenvalue weighted by Gasteiger charge is -2.43. The number of nitrogens with one attached hydrogen (secondary N) is 1. The molecular formula is C17H25F3N2O. The van der Waals surface area contributed by atoms with Gasteiger partial charge in [-0.15, -0.1) is 0 Å². The van der Waals surface area contributed by atoms with Crippen molar-refractivity contribution in [2.24, 2.45) is 5.41 Å². The Labute approximate surface area is 135 Å². The van der Waals surface area contributed by atoms with Crippen LogP contribution < -0.4 is 10.1 Å². The maximum Gasteiger partial charge on any atom is 0.416 e. The zero-order valence-corrected chi connectivity index (χ0v) is 14.1. The minimum Gasteiger partial charge on any atom is -0.496 e. The molecule has 0 radical (unpaired) electrons. The largest absolute Gasteiger partial charge is 0.496 e. The predicted molar refractivity (Wildman–Crippen MR) is 84.6 cm³/mol. The van der Waals surface area contributed by atoms with E-state index in [2.05, 4.69) is 31.0 Å². The molecule has 23 heavy (non-hydrogen) atoms. The number of hydrogen-bond acceptors (Lipinski definition) is 3. The average molecular weight is 330 g/mol. The summed E-state index contributed by atoms with van der Waals surface area (Å²) in [6.07, 6.45) is -4.36. The average Bonchev–Trinajstić information content (AvgIpc) is 2.46. The fraction of sp³-hybridized carbons (Fsp3) is 0.647. The first-order chi connectivity index (χ1) is 10.6. The van der Waals surface area contributed by atoms with Crippen molar-refractivity contribution in [2.45, 2.75) is 33.0 Å². The van der Waals surface area contributed by atoms with Gasteiger partial charge < -0.3 is 10.1 Å². The first kappa shape index (κ1) is 18.1. The Bertz CT molecular complexity index is 532. The summed E-state index contributed by atoms with van der Waals surface area (Å²) >= 11 is 0. The molecule has 1 saturated heterocycles. The lowest BCUT2D eigenvalue weighted by Crippen LogP contribution is -2.48. The monoisotopic (exact) mass is 330 g/mol. The van der Waals surface area contributed by atoms with Crippen LogP contribution in [0.5, 0.6) is 5.75 Å². The Morgan fingerprint density at radius 2 is 1.74 bits per heavy atom. The summed E-state index contributed by atoms with van der Waals surface area (Å²) in [5.41, 5.74) is 0.0191. The summed E-state index contributed by atoms with van der Waals surface area (Å²) in [6, 6.07) is 3.83. The van der Waals surface area contributed by atoms with E-state index in [-0.39, 0.29) is 11.5 Å². The topological polar surface area (TPSA) is 24.5 Å². The molecule has 1 aliphatic heterocycles. The van der Waals surface area contributed by atoms with E-state index < -0.39 is 11.7 Å². The molecule has 1 heterocycles. The van der Waals surface area contributed by atoms with E-state index in [0.29, 0.717) is 5.75 Å². The molecule has 6 heteroatoms.